The first-order chi connectivity index (χ1) is 9.34. The van der Waals surface area contributed by atoms with E-state index in [9.17, 15) is 17.4 Å². The molecule has 0 aromatic heterocycles. The summed E-state index contributed by atoms with van der Waals surface area (Å²) in [4.78, 5) is 0. The number of rotatable bonds is 3. The Kier molecular flexibility index (Phi) is 5.67. The molecular formula is C14H19BrF3NOS. The van der Waals surface area contributed by atoms with Crippen LogP contribution in [0.25, 0.3) is 0 Å². The Labute approximate surface area is 134 Å². The van der Waals surface area contributed by atoms with Crippen LogP contribution in [0.15, 0.2) is 22.7 Å². The van der Waals surface area contributed by atoms with Crippen molar-refractivity contribution < 1.29 is 17.4 Å². The smallest absolute Gasteiger partial charge is 0.242 e. The van der Waals surface area contributed by atoms with E-state index in [4.69, 9.17) is 0 Å². The predicted octanol–water partition coefficient (Wildman–Crippen LogP) is 4.92. The van der Waals surface area contributed by atoms with Crippen molar-refractivity contribution in [3.05, 3.63) is 33.8 Å². The summed E-state index contributed by atoms with van der Waals surface area (Å²) < 4.78 is 52.4. The maximum Gasteiger partial charge on any atom is 0.416 e. The monoisotopic (exact) mass is 385 g/mol. The zero-order valence-corrected chi connectivity index (χ0v) is 15.0. The van der Waals surface area contributed by atoms with Crippen LogP contribution in [0.4, 0.5) is 13.2 Å². The molecule has 2 nitrogen and oxygen atoms in total. The summed E-state index contributed by atoms with van der Waals surface area (Å²) >= 11 is 3.11. The summed E-state index contributed by atoms with van der Waals surface area (Å²) in [7, 11) is 0.343. The summed E-state index contributed by atoms with van der Waals surface area (Å²) in [5.41, 5.74) is -0.245. The maximum absolute atomic E-state index is 12.9. The van der Waals surface area contributed by atoms with Crippen molar-refractivity contribution in [2.45, 2.75) is 44.7 Å². The van der Waals surface area contributed by atoms with Crippen LogP contribution in [0, 0.1) is 0 Å². The molecule has 0 aliphatic carbocycles. The number of alkyl halides is 3. The summed E-state index contributed by atoms with van der Waals surface area (Å²) in [6.45, 7) is 7.22. The van der Waals surface area contributed by atoms with E-state index in [-0.39, 0.29) is 0 Å². The van der Waals surface area contributed by atoms with Crippen molar-refractivity contribution in [3.63, 3.8) is 0 Å². The van der Waals surface area contributed by atoms with Gasteiger partial charge in [0.25, 0.3) is 0 Å². The highest BCUT2D eigenvalue weighted by Crippen LogP contribution is 2.35. The molecule has 0 saturated heterocycles. The molecule has 0 aliphatic rings. The molecule has 0 fully saturated rings. The first kappa shape index (κ1) is 18.6. The van der Waals surface area contributed by atoms with Gasteiger partial charge in [-0.15, -0.1) is 0 Å². The highest BCUT2D eigenvalue weighted by atomic mass is 79.9. The fourth-order valence-electron chi connectivity index (χ4n) is 1.80. The van der Waals surface area contributed by atoms with Gasteiger partial charge in [0.05, 0.1) is 21.3 Å². The van der Waals surface area contributed by atoms with E-state index in [0.717, 1.165) is 12.1 Å². The fourth-order valence-corrected chi connectivity index (χ4v) is 3.59. The van der Waals surface area contributed by atoms with Crippen LogP contribution in [-0.2, 0) is 17.2 Å². The van der Waals surface area contributed by atoms with Crippen molar-refractivity contribution in [1.29, 1.82) is 0 Å². The molecule has 1 aromatic carbocycles. The molecule has 1 aromatic rings. The second-order valence-corrected chi connectivity index (χ2v) is 9.07. The molecule has 0 heterocycles. The summed E-state index contributed by atoms with van der Waals surface area (Å²) in [6, 6.07) is 3.36. The van der Waals surface area contributed by atoms with Crippen molar-refractivity contribution in [2.75, 3.05) is 7.05 Å². The van der Waals surface area contributed by atoms with Crippen molar-refractivity contribution in [3.8, 4) is 0 Å². The van der Waals surface area contributed by atoms with Gasteiger partial charge in [0, 0.05) is 17.6 Å². The van der Waals surface area contributed by atoms with Gasteiger partial charge < -0.3 is 0 Å². The van der Waals surface area contributed by atoms with Crippen LogP contribution in [0.2, 0.25) is 0 Å². The van der Waals surface area contributed by atoms with Crippen LogP contribution in [0.3, 0.4) is 0 Å². The van der Waals surface area contributed by atoms with Gasteiger partial charge in [-0.1, -0.05) is 15.9 Å². The largest absolute Gasteiger partial charge is 0.416 e. The van der Waals surface area contributed by atoms with Gasteiger partial charge in [0.1, 0.15) is 0 Å². The number of benzene rings is 1. The van der Waals surface area contributed by atoms with E-state index in [1.165, 1.54) is 0 Å². The van der Waals surface area contributed by atoms with E-state index in [1.54, 1.807) is 24.3 Å². The van der Waals surface area contributed by atoms with Gasteiger partial charge >= 0.3 is 6.18 Å². The minimum Gasteiger partial charge on any atom is -0.242 e. The second kappa shape index (κ2) is 6.38. The summed E-state index contributed by atoms with van der Waals surface area (Å²) in [6.07, 6.45) is -4.40. The number of hydrogen-bond acceptors (Lipinski definition) is 1. The Morgan fingerprint density at radius 2 is 1.71 bits per heavy atom. The lowest BCUT2D eigenvalue weighted by molar-refractivity contribution is -0.137. The molecular weight excluding hydrogens is 367 g/mol. The Morgan fingerprint density at radius 1 is 1.19 bits per heavy atom. The molecule has 0 unspecified atom stereocenters. The lowest BCUT2D eigenvalue weighted by Crippen LogP contribution is -2.36. The molecule has 0 amide bonds. The second-order valence-electron chi connectivity index (χ2n) is 5.85. The van der Waals surface area contributed by atoms with Crippen LogP contribution in [0.1, 0.15) is 44.9 Å². The zero-order chi connectivity index (χ0) is 16.6. The first-order valence-electron chi connectivity index (χ1n) is 6.36. The highest BCUT2D eigenvalue weighted by Gasteiger charge is 2.33. The lowest BCUT2D eigenvalue weighted by Gasteiger charge is -2.30. The third-order valence-electron chi connectivity index (χ3n) is 3.06. The zero-order valence-electron chi connectivity index (χ0n) is 12.6. The van der Waals surface area contributed by atoms with Gasteiger partial charge in [-0.05, 0) is 51.5 Å². The Balaban J connectivity index is 3.16. The molecule has 2 atom stereocenters. The molecule has 0 saturated carbocycles. The van der Waals surface area contributed by atoms with Crippen molar-refractivity contribution >= 4 is 26.9 Å². The highest BCUT2D eigenvalue weighted by molar-refractivity contribution is 9.10. The molecule has 120 valence electrons. The summed E-state index contributed by atoms with van der Waals surface area (Å²) in [5, 5.41) is 0. The molecule has 7 heteroatoms. The third kappa shape index (κ3) is 4.79. The van der Waals surface area contributed by atoms with Crippen LogP contribution < -0.4 is 0 Å². The predicted molar refractivity (Wildman–Crippen MR) is 83.2 cm³/mol. The number of nitrogens with zero attached hydrogens (tertiary/aromatic N) is 1. The van der Waals surface area contributed by atoms with E-state index in [2.05, 4.69) is 15.9 Å². The van der Waals surface area contributed by atoms with E-state index in [1.807, 2.05) is 20.8 Å². The Hall–Kier alpha value is -0.400. The van der Waals surface area contributed by atoms with Crippen molar-refractivity contribution in [2.24, 2.45) is 0 Å². The maximum atomic E-state index is 12.9. The van der Waals surface area contributed by atoms with Gasteiger partial charge in [-0.3, -0.25) is 0 Å². The van der Waals surface area contributed by atoms with E-state index >= 15 is 0 Å². The molecule has 0 radical (unpaired) electrons. The lowest BCUT2D eigenvalue weighted by atomic mass is 10.1. The van der Waals surface area contributed by atoms with Crippen LogP contribution >= 0.6 is 15.9 Å². The Bertz CT molecular complexity index is 540. The average Bonchev–Trinajstić information content (AvgIpc) is 2.33. The van der Waals surface area contributed by atoms with Crippen LogP contribution in [0.5, 0.6) is 0 Å². The molecule has 0 aliphatic heterocycles. The van der Waals surface area contributed by atoms with Gasteiger partial charge in [0.15, 0.2) is 0 Å². The average molecular weight is 386 g/mol. The molecule has 1 rings (SSSR count). The molecule has 0 spiro atoms. The molecule has 0 N–H and O–H groups in total. The van der Waals surface area contributed by atoms with Gasteiger partial charge in [-0.2, -0.15) is 13.2 Å². The molecule has 21 heavy (non-hydrogen) atoms. The first-order valence-corrected chi connectivity index (χ1v) is 8.26. The van der Waals surface area contributed by atoms with Gasteiger partial charge in [0.2, 0.25) is 0 Å². The van der Waals surface area contributed by atoms with Crippen LogP contribution in [-0.4, -0.2) is 20.3 Å². The minimum absolute atomic E-state index is 0.356. The molecule has 0 bridgehead atoms. The fraction of sp³-hybridized carbons (Fsp3) is 0.571. The van der Waals surface area contributed by atoms with Crippen molar-refractivity contribution in [1.82, 2.24) is 4.31 Å². The van der Waals surface area contributed by atoms with E-state index in [0.29, 0.717) is 10.0 Å². The standard InChI is InChI=1S/C14H19BrF3NOS/c1-9(19(5)21(20)13(2,3)4)10-6-11(14(16,17)18)8-12(15)7-10/h6-9H,1-5H3/t9-,21+/m0/s1. The SMILES string of the molecule is C[C@@H](c1cc(Br)cc(C(F)(F)F)c1)N(C)[S@](=O)C(C)(C)C. The minimum atomic E-state index is -4.40. The summed E-state index contributed by atoms with van der Waals surface area (Å²) in [5.74, 6) is 0. The number of halogens is 4. The third-order valence-corrected chi connectivity index (χ3v) is 5.41. The normalized spacial score (nSPS) is 16.1. The number of hydrogen-bond donors (Lipinski definition) is 0. The quantitative estimate of drug-likeness (QED) is 0.722. The topological polar surface area (TPSA) is 20.3 Å². The Morgan fingerprint density at radius 3 is 2.14 bits per heavy atom. The van der Waals surface area contributed by atoms with Gasteiger partial charge in [-0.25, -0.2) is 8.51 Å². The van der Waals surface area contributed by atoms with E-state index < -0.39 is 33.5 Å².